The van der Waals surface area contributed by atoms with Crippen LogP contribution in [0.15, 0.2) is 60.8 Å². The summed E-state index contributed by atoms with van der Waals surface area (Å²) in [5.74, 6) is 0. The molecule has 0 N–H and O–H groups in total. The van der Waals surface area contributed by atoms with Crippen LogP contribution in [0.4, 0.5) is 0 Å². The lowest BCUT2D eigenvalue weighted by Gasteiger charge is -2.34. The second-order valence-electron chi connectivity index (χ2n) is 7.95. The lowest BCUT2D eigenvalue weighted by molar-refractivity contribution is 0.103. The number of aromatic nitrogens is 1. The molecule has 3 aromatic rings. The molecule has 3 nitrogen and oxygen atoms in total. The molecule has 150 valence electrons. The van der Waals surface area contributed by atoms with E-state index in [1.54, 1.807) is 0 Å². The first kappa shape index (κ1) is 19.0. The Hall–Kier alpha value is -1.94. The molecule has 0 saturated carbocycles. The monoisotopic (exact) mass is 426 g/mol. The maximum Gasteiger partial charge on any atom is 0.116 e. The third-order valence-corrected chi connectivity index (χ3v) is 6.92. The molecule has 2 aromatic carbocycles. The first-order chi connectivity index (χ1) is 14.2. The van der Waals surface area contributed by atoms with Gasteiger partial charge < -0.3 is 4.84 Å². The zero-order valence-electron chi connectivity index (χ0n) is 16.2. The minimum Gasteiger partial charge on any atom is -0.414 e. The zero-order chi connectivity index (χ0) is 19.8. The summed E-state index contributed by atoms with van der Waals surface area (Å²) in [7, 11) is 0. The SMILES string of the molecule is Clc1ccc(C2=CC3CCC(C2)N3CCCOn2ccc3ccccc32)cc1Cl. The van der Waals surface area contributed by atoms with Gasteiger partial charge in [0.1, 0.15) is 6.61 Å². The van der Waals surface area contributed by atoms with Crippen molar-refractivity contribution in [1.29, 1.82) is 0 Å². The van der Waals surface area contributed by atoms with Crippen LogP contribution in [0.1, 0.15) is 31.2 Å². The smallest absolute Gasteiger partial charge is 0.116 e. The van der Waals surface area contributed by atoms with E-state index in [9.17, 15) is 0 Å². The van der Waals surface area contributed by atoms with E-state index in [1.807, 2.05) is 29.1 Å². The summed E-state index contributed by atoms with van der Waals surface area (Å²) in [4.78, 5) is 8.65. The van der Waals surface area contributed by atoms with Crippen LogP contribution in [0, 0.1) is 0 Å². The molecular formula is C24H24Cl2N2O. The first-order valence-electron chi connectivity index (χ1n) is 10.3. The molecule has 2 unspecified atom stereocenters. The van der Waals surface area contributed by atoms with E-state index in [4.69, 9.17) is 28.0 Å². The van der Waals surface area contributed by atoms with Gasteiger partial charge in [0.15, 0.2) is 0 Å². The van der Waals surface area contributed by atoms with Gasteiger partial charge in [0.2, 0.25) is 0 Å². The molecule has 2 atom stereocenters. The highest BCUT2D eigenvalue weighted by atomic mass is 35.5. The Balaban J connectivity index is 1.20. The number of hydrogen-bond donors (Lipinski definition) is 0. The van der Waals surface area contributed by atoms with Gasteiger partial charge in [0.05, 0.1) is 15.6 Å². The highest BCUT2D eigenvalue weighted by molar-refractivity contribution is 6.42. The Kier molecular flexibility index (Phi) is 5.29. The van der Waals surface area contributed by atoms with E-state index in [0.29, 0.717) is 22.1 Å². The topological polar surface area (TPSA) is 17.4 Å². The van der Waals surface area contributed by atoms with Crippen molar-refractivity contribution in [3.05, 3.63) is 76.4 Å². The molecule has 1 aromatic heterocycles. The van der Waals surface area contributed by atoms with Gasteiger partial charge in [-0.25, -0.2) is 0 Å². The number of para-hydroxylation sites is 1. The van der Waals surface area contributed by atoms with Crippen LogP contribution in [0.2, 0.25) is 10.0 Å². The summed E-state index contributed by atoms with van der Waals surface area (Å²) in [5.41, 5.74) is 3.74. The van der Waals surface area contributed by atoms with E-state index in [1.165, 1.54) is 29.4 Å². The van der Waals surface area contributed by atoms with Crippen molar-refractivity contribution < 1.29 is 4.84 Å². The van der Waals surface area contributed by atoms with Crippen LogP contribution in [0.3, 0.4) is 0 Å². The van der Waals surface area contributed by atoms with Gasteiger partial charge in [-0.1, -0.05) is 53.5 Å². The van der Waals surface area contributed by atoms with Crippen molar-refractivity contribution in [2.24, 2.45) is 0 Å². The predicted octanol–water partition coefficient (Wildman–Crippen LogP) is 6.09. The number of nitrogens with zero attached hydrogens (tertiary/aromatic N) is 2. The molecule has 3 heterocycles. The summed E-state index contributed by atoms with van der Waals surface area (Å²) >= 11 is 12.3. The Morgan fingerprint density at radius 1 is 1.00 bits per heavy atom. The zero-order valence-corrected chi connectivity index (χ0v) is 17.7. The average Bonchev–Trinajstić information content (AvgIpc) is 3.24. The van der Waals surface area contributed by atoms with Gasteiger partial charge in [0, 0.05) is 30.2 Å². The standard InChI is InChI=1S/C24H24Cl2N2O/c25-22-9-6-18(16-23(22)26)19-14-20-7-8-21(15-19)27(20)11-3-13-29-28-12-10-17-4-1-2-5-24(17)28/h1-2,4-6,9-10,12,14,16,20-21H,3,7-8,11,13,15H2. The Morgan fingerprint density at radius 3 is 2.76 bits per heavy atom. The van der Waals surface area contributed by atoms with Gasteiger partial charge in [-0.05, 0) is 61.1 Å². The number of fused-ring (bicyclic) bond motifs is 3. The Morgan fingerprint density at radius 2 is 1.90 bits per heavy atom. The molecule has 0 amide bonds. The Labute approximate surface area is 181 Å². The van der Waals surface area contributed by atoms with Gasteiger partial charge in [-0.2, -0.15) is 4.73 Å². The lowest BCUT2D eigenvalue weighted by atomic mass is 9.94. The van der Waals surface area contributed by atoms with E-state index in [-0.39, 0.29) is 0 Å². The van der Waals surface area contributed by atoms with E-state index >= 15 is 0 Å². The van der Waals surface area contributed by atoms with Crippen LogP contribution in [0.25, 0.3) is 16.5 Å². The third kappa shape index (κ3) is 3.79. The van der Waals surface area contributed by atoms with E-state index in [2.05, 4.69) is 41.3 Å². The van der Waals surface area contributed by atoms with Gasteiger partial charge in [-0.3, -0.25) is 4.90 Å². The molecule has 0 radical (unpaired) electrons. The minimum absolute atomic E-state index is 0.519. The van der Waals surface area contributed by atoms with Crippen molar-refractivity contribution >= 4 is 39.7 Å². The number of rotatable bonds is 6. The summed E-state index contributed by atoms with van der Waals surface area (Å²) in [6, 6.07) is 17.5. The second-order valence-corrected chi connectivity index (χ2v) is 8.76. The van der Waals surface area contributed by atoms with Crippen LogP contribution in [-0.2, 0) is 0 Å². The largest absolute Gasteiger partial charge is 0.414 e. The molecule has 2 aliphatic heterocycles. The molecule has 0 aliphatic carbocycles. The first-order valence-corrected chi connectivity index (χ1v) is 11.1. The molecule has 5 heteroatoms. The van der Waals surface area contributed by atoms with Crippen LogP contribution in [0.5, 0.6) is 0 Å². The third-order valence-electron chi connectivity index (χ3n) is 6.18. The molecule has 1 fully saturated rings. The van der Waals surface area contributed by atoms with Gasteiger partial charge >= 0.3 is 0 Å². The van der Waals surface area contributed by atoms with Crippen molar-refractivity contribution in [1.82, 2.24) is 9.63 Å². The van der Waals surface area contributed by atoms with E-state index < -0.39 is 0 Å². The fourth-order valence-electron chi connectivity index (χ4n) is 4.76. The highest BCUT2D eigenvalue weighted by Crippen LogP contribution is 2.39. The fourth-order valence-corrected chi connectivity index (χ4v) is 5.05. The summed E-state index contributed by atoms with van der Waals surface area (Å²) < 4.78 is 1.89. The average molecular weight is 427 g/mol. The molecular weight excluding hydrogens is 403 g/mol. The molecule has 5 rings (SSSR count). The quantitative estimate of drug-likeness (QED) is 0.443. The predicted molar refractivity (Wildman–Crippen MR) is 121 cm³/mol. The normalized spacial score (nSPS) is 21.5. The van der Waals surface area contributed by atoms with Crippen molar-refractivity contribution in [2.75, 3.05) is 13.2 Å². The maximum atomic E-state index is 6.23. The lowest BCUT2D eigenvalue weighted by Crippen LogP contribution is -2.39. The number of hydrogen-bond acceptors (Lipinski definition) is 2. The fraction of sp³-hybridized carbons (Fsp3) is 0.333. The maximum absolute atomic E-state index is 6.23. The summed E-state index contributed by atoms with van der Waals surface area (Å²) in [5, 5.41) is 2.46. The summed E-state index contributed by atoms with van der Waals surface area (Å²) in [6.45, 7) is 1.79. The number of halogens is 2. The number of benzene rings is 2. The van der Waals surface area contributed by atoms with Gasteiger partial charge in [0.25, 0.3) is 0 Å². The van der Waals surface area contributed by atoms with Gasteiger partial charge in [-0.15, -0.1) is 0 Å². The highest BCUT2D eigenvalue weighted by Gasteiger charge is 2.36. The van der Waals surface area contributed by atoms with Crippen molar-refractivity contribution in [3.8, 4) is 0 Å². The van der Waals surface area contributed by atoms with E-state index in [0.717, 1.165) is 31.5 Å². The molecule has 0 spiro atoms. The van der Waals surface area contributed by atoms with Crippen LogP contribution in [-0.4, -0.2) is 34.9 Å². The summed E-state index contributed by atoms with van der Waals surface area (Å²) in [6.07, 6.45) is 9.03. The Bertz CT molecular complexity index is 1060. The molecule has 2 bridgehead atoms. The second kappa shape index (κ2) is 8.06. The van der Waals surface area contributed by atoms with Crippen LogP contribution >= 0.6 is 23.2 Å². The van der Waals surface area contributed by atoms with Crippen molar-refractivity contribution in [3.63, 3.8) is 0 Å². The molecule has 29 heavy (non-hydrogen) atoms. The van der Waals surface area contributed by atoms with Crippen LogP contribution < -0.4 is 4.84 Å². The minimum atomic E-state index is 0.519. The molecule has 2 aliphatic rings. The molecule has 1 saturated heterocycles. The van der Waals surface area contributed by atoms with Crippen molar-refractivity contribution in [2.45, 2.75) is 37.8 Å².